The maximum Gasteiger partial charge on any atom is 0.243 e. The number of halogens is 1. The van der Waals surface area contributed by atoms with Gasteiger partial charge in [-0.15, -0.1) is 0 Å². The molecule has 0 aliphatic carbocycles. The van der Waals surface area contributed by atoms with Crippen LogP contribution in [0.1, 0.15) is 17.4 Å². The van der Waals surface area contributed by atoms with Gasteiger partial charge in [-0.05, 0) is 29.8 Å². The van der Waals surface area contributed by atoms with Crippen molar-refractivity contribution >= 4 is 5.91 Å². The third-order valence-electron chi connectivity index (χ3n) is 3.35. The van der Waals surface area contributed by atoms with Crippen LogP contribution in [0.25, 0.3) is 0 Å². The molecule has 2 aromatic rings. The van der Waals surface area contributed by atoms with E-state index >= 15 is 0 Å². The van der Waals surface area contributed by atoms with Gasteiger partial charge in [-0.1, -0.05) is 12.1 Å². The molecule has 2 unspecified atom stereocenters. The first-order valence-electron chi connectivity index (χ1n) is 6.01. The van der Waals surface area contributed by atoms with Crippen molar-refractivity contribution in [1.82, 2.24) is 4.90 Å². The number of carbonyl (C=O) groups excluding carboxylic acids is 1. The molecule has 98 valence electrons. The Bertz CT molecular complexity index is 580. The Hall–Kier alpha value is -2.14. The second-order valence-electron chi connectivity index (χ2n) is 4.58. The largest absolute Gasteiger partial charge is 0.467 e. The molecule has 0 bridgehead atoms. The molecule has 19 heavy (non-hydrogen) atoms. The van der Waals surface area contributed by atoms with Crippen LogP contribution in [-0.2, 0) is 11.3 Å². The molecule has 1 fully saturated rings. The second kappa shape index (κ2) is 4.51. The number of hydrogen-bond acceptors (Lipinski definition) is 3. The Morgan fingerprint density at radius 3 is 2.63 bits per heavy atom. The summed E-state index contributed by atoms with van der Waals surface area (Å²) in [6, 6.07) is 8.83. The molecule has 1 saturated heterocycles. The molecule has 1 aliphatic heterocycles. The number of likely N-dealkylation sites (tertiary alicyclic amines) is 1. The average Bonchev–Trinajstić information content (AvgIpc) is 2.93. The summed E-state index contributed by atoms with van der Waals surface area (Å²) in [7, 11) is 0. The van der Waals surface area contributed by atoms with E-state index in [1.165, 1.54) is 12.1 Å². The topological polar surface area (TPSA) is 59.5 Å². The van der Waals surface area contributed by atoms with E-state index in [0.29, 0.717) is 12.3 Å². The van der Waals surface area contributed by atoms with Gasteiger partial charge in [-0.2, -0.15) is 0 Å². The van der Waals surface area contributed by atoms with Crippen molar-refractivity contribution in [1.29, 1.82) is 0 Å². The predicted molar refractivity (Wildman–Crippen MR) is 66.4 cm³/mol. The van der Waals surface area contributed by atoms with E-state index < -0.39 is 6.04 Å². The van der Waals surface area contributed by atoms with Gasteiger partial charge < -0.3 is 15.1 Å². The van der Waals surface area contributed by atoms with Gasteiger partial charge in [0.2, 0.25) is 5.91 Å². The molecule has 3 rings (SSSR count). The fourth-order valence-corrected chi connectivity index (χ4v) is 2.33. The molecule has 2 atom stereocenters. The number of β-lactam (4-membered cyclic amide) rings is 1. The lowest BCUT2D eigenvalue weighted by molar-refractivity contribution is -0.151. The Labute approximate surface area is 109 Å². The third kappa shape index (κ3) is 2.02. The minimum absolute atomic E-state index is 0.120. The summed E-state index contributed by atoms with van der Waals surface area (Å²) < 4.78 is 18.2. The molecule has 4 nitrogen and oxygen atoms in total. The summed E-state index contributed by atoms with van der Waals surface area (Å²) >= 11 is 0. The van der Waals surface area contributed by atoms with Crippen molar-refractivity contribution < 1.29 is 13.6 Å². The van der Waals surface area contributed by atoms with E-state index in [-0.39, 0.29) is 17.8 Å². The molecule has 1 aromatic heterocycles. The Morgan fingerprint density at radius 2 is 2.00 bits per heavy atom. The Morgan fingerprint density at radius 1 is 1.26 bits per heavy atom. The van der Waals surface area contributed by atoms with E-state index in [1.807, 2.05) is 0 Å². The van der Waals surface area contributed by atoms with Crippen molar-refractivity contribution in [2.75, 3.05) is 0 Å². The number of amides is 1. The molecule has 1 aliphatic rings. The lowest BCUT2D eigenvalue weighted by Gasteiger charge is -2.44. The van der Waals surface area contributed by atoms with Crippen LogP contribution in [0, 0.1) is 5.82 Å². The number of nitrogens with zero attached hydrogens (tertiary/aromatic N) is 1. The molecule has 2 heterocycles. The van der Waals surface area contributed by atoms with Crippen LogP contribution in [-0.4, -0.2) is 16.8 Å². The van der Waals surface area contributed by atoms with Crippen LogP contribution < -0.4 is 5.73 Å². The van der Waals surface area contributed by atoms with Crippen LogP contribution in [0.2, 0.25) is 0 Å². The van der Waals surface area contributed by atoms with E-state index in [2.05, 4.69) is 0 Å². The van der Waals surface area contributed by atoms with Gasteiger partial charge in [-0.25, -0.2) is 4.39 Å². The van der Waals surface area contributed by atoms with E-state index in [0.717, 1.165) is 5.56 Å². The third-order valence-corrected chi connectivity index (χ3v) is 3.35. The molecule has 1 aromatic carbocycles. The fraction of sp³-hybridized carbons (Fsp3) is 0.214. The first-order valence-corrected chi connectivity index (χ1v) is 6.01. The standard InChI is InChI=1S/C14H13FN2O2/c15-10-5-3-9(4-6-10)8-17-13(12(16)14(17)18)11-2-1-7-19-11/h1-7,12-13H,8,16H2. The lowest BCUT2D eigenvalue weighted by Crippen LogP contribution is -2.62. The van der Waals surface area contributed by atoms with Crippen molar-refractivity contribution in [2.24, 2.45) is 5.73 Å². The number of carbonyl (C=O) groups is 1. The first kappa shape index (κ1) is 11.9. The quantitative estimate of drug-likeness (QED) is 0.856. The molecule has 1 amide bonds. The molecule has 0 radical (unpaired) electrons. The Balaban J connectivity index is 1.79. The summed E-state index contributed by atoms with van der Waals surface area (Å²) in [6.45, 7) is 0.401. The van der Waals surface area contributed by atoms with Gasteiger partial charge in [-0.3, -0.25) is 4.79 Å². The van der Waals surface area contributed by atoms with Crippen LogP contribution in [0.3, 0.4) is 0 Å². The molecular formula is C14H13FN2O2. The van der Waals surface area contributed by atoms with Gasteiger partial charge in [0, 0.05) is 6.54 Å². The zero-order valence-electron chi connectivity index (χ0n) is 10.1. The van der Waals surface area contributed by atoms with E-state index in [1.54, 1.807) is 35.4 Å². The Kier molecular flexibility index (Phi) is 2.83. The highest BCUT2D eigenvalue weighted by molar-refractivity contribution is 5.89. The number of hydrogen-bond donors (Lipinski definition) is 1. The van der Waals surface area contributed by atoms with Gasteiger partial charge in [0.15, 0.2) is 0 Å². The summed E-state index contributed by atoms with van der Waals surface area (Å²) in [4.78, 5) is 13.5. The van der Waals surface area contributed by atoms with Crippen LogP contribution in [0.4, 0.5) is 4.39 Å². The van der Waals surface area contributed by atoms with Crippen LogP contribution >= 0.6 is 0 Å². The molecule has 0 saturated carbocycles. The van der Waals surface area contributed by atoms with Gasteiger partial charge >= 0.3 is 0 Å². The van der Waals surface area contributed by atoms with E-state index in [9.17, 15) is 9.18 Å². The molecule has 2 N–H and O–H groups in total. The first-order chi connectivity index (χ1) is 9.16. The zero-order valence-corrected chi connectivity index (χ0v) is 10.1. The van der Waals surface area contributed by atoms with Crippen LogP contribution in [0.5, 0.6) is 0 Å². The summed E-state index contributed by atoms with van der Waals surface area (Å²) in [5, 5.41) is 0. The molecule has 5 heteroatoms. The van der Waals surface area contributed by atoms with Crippen molar-refractivity contribution in [3.05, 3.63) is 59.8 Å². The van der Waals surface area contributed by atoms with Gasteiger partial charge in [0.1, 0.15) is 23.7 Å². The predicted octanol–water partition coefficient (Wildman–Crippen LogP) is 1.83. The van der Waals surface area contributed by atoms with Gasteiger partial charge in [0.25, 0.3) is 0 Å². The number of benzene rings is 1. The SMILES string of the molecule is NC1C(=O)N(Cc2ccc(F)cc2)C1c1ccco1. The van der Waals surface area contributed by atoms with Crippen molar-refractivity contribution in [3.63, 3.8) is 0 Å². The lowest BCUT2D eigenvalue weighted by atomic mass is 9.93. The number of nitrogens with two attached hydrogens (primary N) is 1. The highest BCUT2D eigenvalue weighted by Gasteiger charge is 2.47. The maximum absolute atomic E-state index is 12.8. The number of furan rings is 1. The van der Waals surface area contributed by atoms with E-state index in [4.69, 9.17) is 10.2 Å². The monoisotopic (exact) mass is 260 g/mol. The number of rotatable bonds is 3. The normalized spacial score (nSPS) is 22.4. The summed E-state index contributed by atoms with van der Waals surface area (Å²) in [5.74, 6) is 0.262. The van der Waals surface area contributed by atoms with Crippen molar-refractivity contribution in [2.45, 2.75) is 18.6 Å². The minimum Gasteiger partial charge on any atom is -0.467 e. The zero-order chi connectivity index (χ0) is 13.4. The summed E-state index contributed by atoms with van der Waals surface area (Å²) in [5.41, 5.74) is 6.67. The smallest absolute Gasteiger partial charge is 0.243 e. The summed E-state index contributed by atoms with van der Waals surface area (Å²) in [6.07, 6.45) is 1.56. The maximum atomic E-state index is 12.8. The second-order valence-corrected chi connectivity index (χ2v) is 4.58. The highest BCUT2D eigenvalue weighted by atomic mass is 19.1. The average molecular weight is 260 g/mol. The highest BCUT2D eigenvalue weighted by Crippen LogP contribution is 2.35. The van der Waals surface area contributed by atoms with Crippen LogP contribution in [0.15, 0.2) is 47.1 Å². The minimum atomic E-state index is -0.563. The van der Waals surface area contributed by atoms with Gasteiger partial charge in [0.05, 0.1) is 6.26 Å². The fourth-order valence-electron chi connectivity index (χ4n) is 2.33. The molecular weight excluding hydrogens is 247 g/mol. The molecule has 0 spiro atoms. The van der Waals surface area contributed by atoms with Crippen molar-refractivity contribution in [3.8, 4) is 0 Å².